The van der Waals surface area contributed by atoms with Crippen LogP contribution < -0.4 is 9.88 Å². The molecule has 0 unspecified atom stereocenters. The summed E-state index contributed by atoms with van der Waals surface area (Å²) in [6.45, 7) is 3.37. The monoisotopic (exact) mass is 318 g/mol. The lowest BCUT2D eigenvalue weighted by Crippen LogP contribution is -2.33. The van der Waals surface area contributed by atoms with E-state index in [4.69, 9.17) is 21.5 Å². The maximum absolute atomic E-state index is 11.5. The number of piperidine rings is 1. The number of benzene rings is 1. The van der Waals surface area contributed by atoms with E-state index in [0.717, 1.165) is 19.6 Å². The molecule has 5 nitrogen and oxygen atoms in total. The van der Waals surface area contributed by atoms with Crippen LogP contribution >= 0.6 is 11.6 Å². The Morgan fingerprint density at radius 1 is 1.25 bits per heavy atom. The van der Waals surface area contributed by atoms with Gasteiger partial charge in [0.2, 0.25) is 10.0 Å². The van der Waals surface area contributed by atoms with Gasteiger partial charge in [-0.3, -0.25) is 4.90 Å². The van der Waals surface area contributed by atoms with Gasteiger partial charge in [-0.2, -0.15) is 0 Å². The molecule has 0 spiro atoms. The van der Waals surface area contributed by atoms with E-state index in [0.29, 0.717) is 11.6 Å². The van der Waals surface area contributed by atoms with Crippen LogP contribution in [0.15, 0.2) is 23.1 Å². The van der Waals surface area contributed by atoms with Crippen molar-refractivity contribution < 1.29 is 13.2 Å². The fourth-order valence-electron chi connectivity index (χ4n) is 2.29. The third kappa shape index (κ3) is 4.34. The van der Waals surface area contributed by atoms with Gasteiger partial charge in [-0.25, -0.2) is 13.6 Å². The summed E-state index contributed by atoms with van der Waals surface area (Å²) in [4.78, 5) is 2.25. The summed E-state index contributed by atoms with van der Waals surface area (Å²) < 4.78 is 28.6. The number of ether oxygens (including phenoxy) is 1. The summed E-state index contributed by atoms with van der Waals surface area (Å²) in [5.41, 5.74) is 0. The first kappa shape index (κ1) is 15.6. The second-order valence-corrected chi connectivity index (χ2v) is 6.85. The SMILES string of the molecule is NS(=O)(=O)c1cc(Cl)ccc1OCCN1CCCCC1. The van der Waals surface area contributed by atoms with E-state index in [1.54, 1.807) is 6.07 Å². The maximum atomic E-state index is 11.5. The van der Waals surface area contributed by atoms with Crippen molar-refractivity contribution >= 4 is 21.6 Å². The Morgan fingerprint density at radius 2 is 1.95 bits per heavy atom. The van der Waals surface area contributed by atoms with Gasteiger partial charge in [-0.05, 0) is 44.1 Å². The van der Waals surface area contributed by atoms with Crippen LogP contribution in [0.2, 0.25) is 5.02 Å². The zero-order valence-electron chi connectivity index (χ0n) is 11.2. The minimum absolute atomic E-state index is 0.0661. The molecule has 0 aliphatic carbocycles. The van der Waals surface area contributed by atoms with Gasteiger partial charge >= 0.3 is 0 Å². The molecule has 1 saturated heterocycles. The van der Waals surface area contributed by atoms with Crippen molar-refractivity contribution in [2.75, 3.05) is 26.2 Å². The molecule has 1 aromatic carbocycles. The predicted molar refractivity (Wildman–Crippen MR) is 78.6 cm³/mol. The van der Waals surface area contributed by atoms with Gasteiger partial charge in [0, 0.05) is 11.6 Å². The number of hydrogen-bond donors (Lipinski definition) is 1. The summed E-state index contributed by atoms with van der Waals surface area (Å²) in [5.74, 6) is 0.258. The summed E-state index contributed by atoms with van der Waals surface area (Å²) in [6.07, 6.45) is 3.71. The lowest BCUT2D eigenvalue weighted by atomic mass is 10.1. The number of nitrogens with two attached hydrogens (primary N) is 1. The average molecular weight is 319 g/mol. The highest BCUT2D eigenvalue weighted by atomic mass is 35.5. The van der Waals surface area contributed by atoms with Crippen LogP contribution in [0.25, 0.3) is 0 Å². The zero-order valence-corrected chi connectivity index (χ0v) is 12.8. The van der Waals surface area contributed by atoms with Gasteiger partial charge < -0.3 is 4.74 Å². The molecule has 0 aromatic heterocycles. The van der Waals surface area contributed by atoms with Gasteiger partial charge in [0.25, 0.3) is 0 Å². The molecule has 2 rings (SSSR count). The van der Waals surface area contributed by atoms with Crippen molar-refractivity contribution in [3.63, 3.8) is 0 Å². The summed E-state index contributed by atoms with van der Waals surface area (Å²) in [7, 11) is -3.83. The number of halogens is 1. The predicted octanol–water partition coefficient (Wildman–Crippen LogP) is 1.85. The van der Waals surface area contributed by atoms with Crippen molar-refractivity contribution in [3.8, 4) is 5.75 Å². The third-order valence-corrected chi connectivity index (χ3v) is 4.49. The Balaban J connectivity index is 1.98. The molecule has 20 heavy (non-hydrogen) atoms. The Kier molecular flexibility index (Phi) is 5.26. The van der Waals surface area contributed by atoms with Gasteiger partial charge in [-0.1, -0.05) is 18.0 Å². The molecule has 0 amide bonds. The van der Waals surface area contributed by atoms with E-state index >= 15 is 0 Å². The smallest absolute Gasteiger partial charge is 0.241 e. The summed E-state index contributed by atoms with van der Waals surface area (Å²) in [5, 5.41) is 5.48. The minimum Gasteiger partial charge on any atom is -0.491 e. The van der Waals surface area contributed by atoms with E-state index < -0.39 is 10.0 Å². The van der Waals surface area contributed by atoms with Crippen LogP contribution in [0.4, 0.5) is 0 Å². The largest absolute Gasteiger partial charge is 0.491 e. The number of sulfonamides is 1. The molecule has 1 heterocycles. The molecule has 112 valence electrons. The van der Waals surface area contributed by atoms with Crippen molar-refractivity contribution in [2.24, 2.45) is 5.14 Å². The standard InChI is InChI=1S/C13H19ClN2O3S/c14-11-4-5-12(13(10-11)20(15,17)18)19-9-8-16-6-2-1-3-7-16/h4-5,10H,1-3,6-9H2,(H2,15,17,18). The van der Waals surface area contributed by atoms with E-state index in [9.17, 15) is 8.42 Å². The number of hydrogen-bond acceptors (Lipinski definition) is 4. The molecule has 7 heteroatoms. The van der Waals surface area contributed by atoms with Crippen molar-refractivity contribution in [3.05, 3.63) is 23.2 Å². The maximum Gasteiger partial charge on any atom is 0.241 e. The molecule has 1 aromatic rings. The minimum atomic E-state index is -3.83. The molecular weight excluding hydrogens is 300 g/mol. The quantitative estimate of drug-likeness (QED) is 0.899. The highest BCUT2D eigenvalue weighted by Crippen LogP contribution is 2.26. The van der Waals surface area contributed by atoms with Crippen LogP contribution in [0, 0.1) is 0 Å². The number of rotatable bonds is 5. The Hall–Kier alpha value is -0.820. The van der Waals surface area contributed by atoms with E-state index in [1.807, 2.05) is 0 Å². The highest BCUT2D eigenvalue weighted by Gasteiger charge is 2.16. The Morgan fingerprint density at radius 3 is 2.60 bits per heavy atom. The molecule has 0 bridgehead atoms. The molecule has 0 radical (unpaired) electrons. The zero-order chi connectivity index (χ0) is 14.6. The van der Waals surface area contributed by atoms with E-state index in [2.05, 4.69) is 4.90 Å². The Bertz CT molecular complexity index is 557. The lowest BCUT2D eigenvalue weighted by Gasteiger charge is -2.26. The normalized spacial score (nSPS) is 17.1. The molecule has 1 aliphatic heterocycles. The van der Waals surface area contributed by atoms with Crippen LogP contribution in [0.1, 0.15) is 19.3 Å². The fraction of sp³-hybridized carbons (Fsp3) is 0.538. The summed E-state index contributed by atoms with van der Waals surface area (Å²) in [6, 6.07) is 4.44. The second kappa shape index (κ2) is 6.76. The highest BCUT2D eigenvalue weighted by molar-refractivity contribution is 7.89. The number of nitrogens with zero attached hydrogens (tertiary/aromatic N) is 1. The van der Waals surface area contributed by atoms with Crippen LogP contribution in [0.5, 0.6) is 5.75 Å². The van der Waals surface area contributed by atoms with Gasteiger partial charge in [0.1, 0.15) is 17.3 Å². The molecule has 1 aliphatic rings. The topological polar surface area (TPSA) is 72.6 Å². The van der Waals surface area contributed by atoms with Crippen LogP contribution in [0.3, 0.4) is 0 Å². The average Bonchev–Trinajstić information content (AvgIpc) is 2.40. The fourth-order valence-corrected chi connectivity index (χ4v) is 3.23. The van der Waals surface area contributed by atoms with Gasteiger partial charge in [0.15, 0.2) is 0 Å². The third-order valence-electron chi connectivity index (χ3n) is 3.33. The molecule has 2 N–H and O–H groups in total. The van der Waals surface area contributed by atoms with Crippen molar-refractivity contribution in [1.29, 1.82) is 0 Å². The molecule has 0 atom stereocenters. The van der Waals surface area contributed by atoms with Crippen LogP contribution in [-0.2, 0) is 10.0 Å². The van der Waals surface area contributed by atoms with E-state index in [1.165, 1.54) is 31.4 Å². The first-order valence-electron chi connectivity index (χ1n) is 6.64. The molecular formula is C13H19ClN2O3S. The first-order valence-corrected chi connectivity index (χ1v) is 8.57. The molecule has 0 saturated carbocycles. The lowest BCUT2D eigenvalue weighted by molar-refractivity contribution is 0.181. The van der Waals surface area contributed by atoms with Crippen molar-refractivity contribution in [2.45, 2.75) is 24.2 Å². The Labute approximate surface area is 124 Å². The first-order chi connectivity index (χ1) is 9.47. The number of likely N-dealkylation sites (tertiary alicyclic amines) is 1. The van der Waals surface area contributed by atoms with Gasteiger partial charge in [0.05, 0.1) is 0 Å². The molecule has 1 fully saturated rings. The second-order valence-electron chi connectivity index (χ2n) is 4.89. The van der Waals surface area contributed by atoms with Crippen molar-refractivity contribution in [1.82, 2.24) is 4.90 Å². The summed E-state index contributed by atoms with van der Waals surface area (Å²) >= 11 is 5.79. The number of primary sulfonamides is 1. The van der Waals surface area contributed by atoms with Gasteiger partial charge in [-0.15, -0.1) is 0 Å². The van der Waals surface area contributed by atoms with Crippen LogP contribution in [-0.4, -0.2) is 39.6 Å². The van der Waals surface area contributed by atoms with E-state index in [-0.39, 0.29) is 10.6 Å².